The van der Waals surface area contributed by atoms with Crippen molar-refractivity contribution < 1.29 is 13.9 Å². The first-order valence-electron chi connectivity index (χ1n) is 7.93. The van der Waals surface area contributed by atoms with Crippen LogP contribution in [0, 0.1) is 12.7 Å². The summed E-state index contributed by atoms with van der Waals surface area (Å²) in [7, 11) is 3.30. The van der Waals surface area contributed by atoms with E-state index in [4.69, 9.17) is 4.74 Å². The number of methoxy groups -OCH3 is 1. The molecular weight excluding hydrogens is 319 g/mol. The Morgan fingerprint density at radius 3 is 2.72 bits per heavy atom. The average Bonchev–Trinajstić information content (AvgIpc) is 2.60. The van der Waals surface area contributed by atoms with Crippen LogP contribution >= 0.6 is 0 Å². The largest absolute Gasteiger partial charge is 0.497 e. The van der Waals surface area contributed by atoms with Crippen molar-refractivity contribution in [2.45, 2.75) is 13.5 Å². The lowest BCUT2D eigenvalue weighted by molar-refractivity contribution is 0.0784. The Morgan fingerprint density at radius 2 is 2.00 bits per heavy atom. The number of carbonyl (C=O) groups is 1. The predicted molar refractivity (Wildman–Crippen MR) is 95.2 cm³/mol. The smallest absolute Gasteiger partial charge is 0.255 e. The van der Waals surface area contributed by atoms with Gasteiger partial charge < -0.3 is 9.64 Å². The van der Waals surface area contributed by atoms with Crippen molar-refractivity contribution in [1.82, 2.24) is 9.88 Å². The van der Waals surface area contributed by atoms with Gasteiger partial charge in [0, 0.05) is 25.0 Å². The molecule has 4 nitrogen and oxygen atoms in total. The molecule has 0 saturated carbocycles. The maximum atomic E-state index is 13.3. The second kappa shape index (κ2) is 6.89. The van der Waals surface area contributed by atoms with Crippen molar-refractivity contribution in [3.8, 4) is 5.75 Å². The highest BCUT2D eigenvalue weighted by atomic mass is 19.1. The highest BCUT2D eigenvalue weighted by Gasteiger charge is 2.16. The van der Waals surface area contributed by atoms with E-state index in [9.17, 15) is 9.18 Å². The second-order valence-corrected chi connectivity index (χ2v) is 5.97. The van der Waals surface area contributed by atoms with Gasteiger partial charge in [0.1, 0.15) is 11.6 Å². The molecule has 1 heterocycles. The normalized spacial score (nSPS) is 10.7. The fraction of sp³-hybridized carbons (Fsp3) is 0.200. The van der Waals surface area contributed by atoms with Gasteiger partial charge in [0.2, 0.25) is 0 Å². The Morgan fingerprint density at radius 1 is 1.20 bits per heavy atom. The molecule has 0 aliphatic rings. The minimum atomic E-state index is -0.309. The third kappa shape index (κ3) is 3.60. The van der Waals surface area contributed by atoms with Crippen molar-refractivity contribution in [2.75, 3.05) is 14.2 Å². The van der Waals surface area contributed by atoms with E-state index in [1.807, 2.05) is 31.2 Å². The molecule has 0 unspecified atom stereocenters. The summed E-state index contributed by atoms with van der Waals surface area (Å²) in [6, 6.07) is 13.6. The summed E-state index contributed by atoms with van der Waals surface area (Å²) in [5.41, 5.74) is 2.71. The van der Waals surface area contributed by atoms with Crippen LogP contribution in [-0.2, 0) is 6.54 Å². The number of hydrogen-bond acceptors (Lipinski definition) is 3. The van der Waals surface area contributed by atoms with Crippen LogP contribution in [-0.4, -0.2) is 29.9 Å². The van der Waals surface area contributed by atoms with E-state index in [2.05, 4.69) is 4.98 Å². The molecule has 0 fully saturated rings. The lowest BCUT2D eigenvalue weighted by Gasteiger charge is -2.19. The molecule has 0 spiro atoms. The molecular formula is C20H19FN2O2. The number of halogens is 1. The Hall–Kier alpha value is -2.95. The molecule has 25 heavy (non-hydrogen) atoms. The van der Waals surface area contributed by atoms with Crippen LogP contribution in [0.3, 0.4) is 0 Å². The van der Waals surface area contributed by atoms with Gasteiger partial charge in [-0.2, -0.15) is 0 Å². The number of nitrogens with zero attached hydrogens (tertiary/aromatic N) is 2. The van der Waals surface area contributed by atoms with Gasteiger partial charge in [0.05, 0.1) is 23.9 Å². The van der Waals surface area contributed by atoms with Gasteiger partial charge in [-0.1, -0.05) is 12.1 Å². The van der Waals surface area contributed by atoms with Gasteiger partial charge in [-0.05, 0) is 42.8 Å². The molecule has 2 aromatic carbocycles. The van der Waals surface area contributed by atoms with Crippen molar-refractivity contribution in [3.05, 3.63) is 71.2 Å². The average molecular weight is 338 g/mol. The van der Waals surface area contributed by atoms with Crippen LogP contribution in [0.2, 0.25) is 0 Å². The summed E-state index contributed by atoms with van der Waals surface area (Å²) in [6.45, 7) is 2.14. The maximum Gasteiger partial charge on any atom is 0.255 e. The zero-order valence-electron chi connectivity index (χ0n) is 14.4. The van der Waals surface area contributed by atoms with Gasteiger partial charge in [0.25, 0.3) is 5.91 Å². The molecule has 1 amide bonds. The molecule has 0 atom stereocenters. The predicted octanol–water partition coefficient (Wildman–Crippen LogP) is 3.96. The quantitative estimate of drug-likeness (QED) is 0.723. The first kappa shape index (κ1) is 16.9. The zero-order chi connectivity index (χ0) is 18.0. The van der Waals surface area contributed by atoms with Crippen LogP contribution in [0.1, 0.15) is 21.6 Å². The van der Waals surface area contributed by atoms with Crippen molar-refractivity contribution in [2.24, 2.45) is 0 Å². The summed E-state index contributed by atoms with van der Waals surface area (Å²) in [5, 5.41) is 0.869. The molecule has 3 aromatic rings. The number of ether oxygens (including phenoxy) is 1. The maximum absolute atomic E-state index is 13.3. The third-order valence-electron chi connectivity index (χ3n) is 4.10. The van der Waals surface area contributed by atoms with E-state index < -0.39 is 0 Å². The van der Waals surface area contributed by atoms with E-state index >= 15 is 0 Å². The number of aromatic nitrogens is 1. The summed E-state index contributed by atoms with van der Waals surface area (Å²) in [5.74, 6) is 0.268. The number of benzene rings is 2. The molecule has 0 radical (unpaired) electrons. The lowest BCUT2D eigenvalue weighted by Crippen LogP contribution is -2.27. The van der Waals surface area contributed by atoms with Crippen LogP contribution in [0.25, 0.3) is 10.9 Å². The Labute approximate surface area is 145 Å². The van der Waals surface area contributed by atoms with E-state index in [-0.39, 0.29) is 11.7 Å². The summed E-state index contributed by atoms with van der Waals surface area (Å²) >= 11 is 0. The van der Waals surface area contributed by atoms with Gasteiger partial charge >= 0.3 is 0 Å². The number of rotatable bonds is 4. The van der Waals surface area contributed by atoms with Crippen LogP contribution < -0.4 is 4.74 Å². The monoisotopic (exact) mass is 338 g/mol. The van der Waals surface area contributed by atoms with E-state index in [1.54, 1.807) is 31.2 Å². The lowest BCUT2D eigenvalue weighted by atomic mass is 10.1. The topological polar surface area (TPSA) is 42.4 Å². The molecule has 0 aliphatic heterocycles. The number of carbonyl (C=O) groups excluding carboxylic acids is 1. The van der Waals surface area contributed by atoms with Crippen LogP contribution in [0.15, 0.2) is 48.5 Å². The molecule has 3 rings (SSSR count). The molecule has 0 N–H and O–H groups in total. The number of amides is 1. The minimum Gasteiger partial charge on any atom is -0.497 e. The first-order chi connectivity index (χ1) is 12.0. The minimum absolute atomic E-state index is 0.146. The highest BCUT2D eigenvalue weighted by molar-refractivity contribution is 5.98. The second-order valence-electron chi connectivity index (χ2n) is 5.97. The van der Waals surface area contributed by atoms with Crippen molar-refractivity contribution in [1.29, 1.82) is 0 Å². The fourth-order valence-corrected chi connectivity index (χ4v) is 2.77. The van der Waals surface area contributed by atoms with Gasteiger partial charge in [0.15, 0.2) is 0 Å². The summed E-state index contributed by atoms with van der Waals surface area (Å²) in [6.07, 6.45) is 0. The summed E-state index contributed by atoms with van der Waals surface area (Å²) < 4.78 is 18.5. The number of aryl methyl sites for hydroxylation is 1. The van der Waals surface area contributed by atoms with Gasteiger partial charge in [-0.15, -0.1) is 0 Å². The van der Waals surface area contributed by atoms with E-state index in [0.29, 0.717) is 17.8 Å². The number of pyridine rings is 1. The fourth-order valence-electron chi connectivity index (χ4n) is 2.77. The first-order valence-corrected chi connectivity index (χ1v) is 7.93. The zero-order valence-corrected chi connectivity index (χ0v) is 14.4. The number of hydrogen-bond donors (Lipinski definition) is 0. The van der Waals surface area contributed by atoms with E-state index in [0.717, 1.165) is 22.2 Å². The molecule has 0 saturated heterocycles. The number of fused-ring (bicyclic) bond motifs is 1. The van der Waals surface area contributed by atoms with E-state index in [1.165, 1.54) is 12.1 Å². The van der Waals surface area contributed by atoms with Crippen LogP contribution in [0.5, 0.6) is 5.75 Å². The molecule has 1 aromatic heterocycles. The molecule has 5 heteroatoms. The Bertz CT molecular complexity index is 940. The Kier molecular flexibility index (Phi) is 4.65. The molecule has 0 aliphatic carbocycles. The highest BCUT2D eigenvalue weighted by Crippen LogP contribution is 2.22. The standard InChI is InChI=1S/C20H19FN2O2/c1-13-18(10-15-7-8-17(25-3)11-19(15)22-13)20(24)23(2)12-14-5-4-6-16(21)9-14/h4-11H,12H2,1-3H3. The van der Waals surface area contributed by atoms with Crippen molar-refractivity contribution in [3.63, 3.8) is 0 Å². The van der Waals surface area contributed by atoms with Crippen molar-refractivity contribution >= 4 is 16.8 Å². The van der Waals surface area contributed by atoms with Gasteiger partial charge in [-0.3, -0.25) is 9.78 Å². The van der Waals surface area contributed by atoms with Crippen LogP contribution in [0.4, 0.5) is 4.39 Å². The molecule has 0 bridgehead atoms. The third-order valence-corrected chi connectivity index (χ3v) is 4.10. The molecule has 128 valence electrons. The Balaban J connectivity index is 1.89. The van der Waals surface area contributed by atoms with Gasteiger partial charge in [-0.25, -0.2) is 4.39 Å². The SMILES string of the molecule is COc1ccc2cc(C(=O)N(C)Cc3cccc(F)c3)c(C)nc2c1. The summed E-state index contributed by atoms with van der Waals surface area (Å²) in [4.78, 5) is 18.9.